The number of rotatable bonds is 6. The number of nitrogens with zero attached hydrogens (tertiary/aromatic N) is 2. The van der Waals surface area contributed by atoms with Crippen molar-refractivity contribution >= 4 is 26.2 Å². The molecule has 1 aliphatic heterocycles. The van der Waals surface area contributed by atoms with Crippen LogP contribution in [0.5, 0.6) is 0 Å². The van der Waals surface area contributed by atoms with E-state index in [4.69, 9.17) is 5.11 Å². The molecule has 1 aliphatic rings. The predicted octanol–water partition coefficient (Wildman–Crippen LogP) is -2.13. The molecule has 9 nitrogen and oxygen atoms in total. The Hall–Kier alpha value is -0.750. The van der Waals surface area contributed by atoms with Gasteiger partial charge in [-0.05, 0) is 0 Å². The van der Waals surface area contributed by atoms with Crippen molar-refractivity contribution in [3.8, 4) is 0 Å². The van der Waals surface area contributed by atoms with Crippen LogP contribution in [0.15, 0.2) is 0 Å². The van der Waals surface area contributed by atoms with Crippen LogP contribution >= 0.6 is 0 Å². The van der Waals surface area contributed by atoms with E-state index >= 15 is 0 Å². The van der Waals surface area contributed by atoms with Gasteiger partial charge < -0.3 is 5.11 Å². The lowest BCUT2D eigenvalue weighted by Crippen LogP contribution is -2.53. The number of carbonyl (C=O) groups is 1. The molecule has 1 rings (SSSR count). The molecule has 0 aromatic rings. The Morgan fingerprint density at radius 2 is 1.58 bits per heavy atom. The van der Waals surface area contributed by atoms with E-state index in [0.717, 1.165) is 10.6 Å². The van der Waals surface area contributed by atoms with Crippen molar-refractivity contribution < 1.29 is 26.7 Å². The summed E-state index contributed by atoms with van der Waals surface area (Å²) in [6.45, 7) is 0.103. The molecule has 0 aromatic carbocycles. The molecule has 0 radical (unpaired) electrons. The minimum absolute atomic E-state index is 0.0511. The molecular weight excluding hydrogens is 298 g/mol. The Kier molecular flexibility index (Phi) is 5.26. The second-order valence-corrected chi connectivity index (χ2v) is 7.84. The van der Waals surface area contributed by atoms with Crippen LogP contribution < -0.4 is 4.72 Å². The zero-order valence-corrected chi connectivity index (χ0v) is 12.1. The maximum Gasteiger partial charge on any atom is 0.304 e. The molecule has 2 N–H and O–H groups in total. The highest BCUT2D eigenvalue weighted by Gasteiger charge is 2.29. The van der Waals surface area contributed by atoms with E-state index in [2.05, 4.69) is 4.72 Å². The monoisotopic (exact) mass is 315 g/mol. The van der Waals surface area contributed by atoms with Gasteiger partial charge in [-0.1, -0.05) is 0 Å². The fraction of sp³-hybridized carbons (Fsp3) is 0.875. The zero-order chi connectivity index (χ0) is 14.7. The van der Waals surface area contributed by atoms with Crippen LogP contribution in [0.2, 0.25) is 0 Å². The standard InChI is InChI=1S/C8H17N3O6S2/c1-18(14,15)10-4-6-11(7-5-10)19(16,17)9-3-2-8(12)13/h9H,2-7H2,1H3,(H,12,13). The Labute approximate surface area is 112 Å². The highest BCUT2D eigenvalue weighted by Crippen LogP contribution is 2.08. The molecule has 1 heterocycles. The molecule has 0 aliphatic carbocycles. The zero-order valence-electron chi connectivity index (χ0n) is 10.4. The number of hydrogen-bond donors (Lipinski definition) is 2. The van der Waals surface area contributed by atoms with Crippen molar-refractivity contribution in [1.82, 2.24) is 13.3 Å². The predicted molar refractivity (Wildman–Crippen MR) is 67.2 cm³/mol. The largest absolute Gasteiger partial charge is 0.481 e. The molecule has 19 heavy (non-hydrogen) atoms. The highest BCUT2D eigenvalue weighted by molar-refractivity contribution is 7.88. The van der Waals surface area contributed by atoms with Crippen molar-refractivity contribution in [3.05, 3.63) is 0 Å². The van der Waals surface area contributed by atoms with Crippen LogP contribution in [-0.2, 0) is 25.0 Å². The number of nitrogens with one attached hydrogen (secondary N) is 1. The van der Waals surface area contributed by atoms with Gasteiger partial charge in [0.05, 0.1) is 12.7 Å². The SMILES string of the molecule is CS(=O)(=O)N1CCN(S(=O)(=O)NCCC(=O)O)CC1. The first-order valence-electron chi connectivity index (χ1n) is 5.54. The number of carboxylic acids is 1. The molecule has 0 aromatic heterocycles. The summed E-state index contributed by atoms with van der Waals surface area (Å²) in [5.41, 5.74) is 0. The van der Waals surface area contributed by atoms with E-state index in [0.29, 0.717) is 0 Å². The second kappa shape index (κ2) is 6.13. The summed E-state index contributed by atoms with van der Waals surface area (Å²) in [7, 11) is -7.06. The summed E-state index contributed by atoms with van der Waals surface area (Å²) < 4.78 is 50.6. The Balaban J connectivity index is 2.52. The molecule has 0 saturated carbocycles. The Morgan fingerprint density at radius 1 is 1.11 bits per heavy atom. The van der Waals surface area contributed by atoms with Crippen molar-refractivity contribution in [2.24, 2.45) is 0 Å². The van der Waals surface area contributed by atoms with Gasteiger partial charge in [-0.25, -0.2) is 13.1 Å². The summed E-state index contributed by atoms with van der Waals surface area (Å²) in [6, 6.07) is 0. The number of carboxylic acid groups (broad SMARTS) is 1. The van der Waals surface area contributed by atoms with Crippen LogP contribution in [0.4, 0.5) is 0 Å². The minimum Gasteiger partial charge on any atom is -0.481 e. The third-order valence-electron chi connectivity index (χ3n) is 2.63. The van der Waals surface area contributed by atoms with E-state index < -0.39 is 26.2 Å². The average Bonchev–Trinajstić information content (AvgIpc) is 2.27. The molecular formula is C8H17N3O6S2. The topological polar surface area (TPSA) is 124 Å². The number of aliphatic carboxylic acids is 1. The van der Waals surface area contributed by atoms with Gasteiger partial charge in [0.25, 0.3) is 10.2 Å². The van der Waals surface area contributed by atoms with Gasteiger partial charge in [0.15, 0.2) is 0 Å². The van der Waals surface area contributed by atoms with Crippen LogP contribution in [0.3, 0.4) is 0 Å². The van der Waals surface area contributed by atoms with Gasteiger partial charge in [-0.15, -0.1) is 0 Å². The molecule has 0 atom stereocenters. The van der Waals surface area contributed by atoms with Crippen molar-refractivity contribution in [2.75, 3.05) is 39.0 Å². The first-order chi connectivity index (χ1) is 8.63. The van der Waals surface area contributed by atoms with E-state index in [1.165, 1.54) is 4.31 Å². The molecule has 0 bridgehead atoms. The van der Waals surface area contributed by atoms with E-state index in [1.54, 1.807) is 0 Å². The molecule has 0 spiro atoms. The summed E-state index contributed by atoms with van der Waals surface area (Å²) in [5, 5.41) is 8.42. The van der Waals surface area contributed by atoms with Crippen LogP contribution in [-0.4, -0.2) is 75.5 Å². The first-order valence-corrected chi connectivity index (χ1v) is 8.83. The molecule has 1 saturated heterocycles. The second-order valence-electron chi connectivity index (χ2n) is 4.10. The molecule has 112 valence electrons. The summed E-state index contributed by atoms with van der Waals surface area (Å²) in [5.74, 6) is -1.09. The number of sulfonamides is 1. The third-order valence-corrected chi connectivity index (χ3v) is 5.55. The maximum absolute atomic E-state index is 11.8. The minimum atomic E-state index is -3.75. The van der Waals surface area contributed by atoms with Gasteiger partial charge in [0, 0.05) is 32.7 Å². The van der Waals surface area contributed by atoms with Crippen LogP contribution in [0, 0.1) is 0 Å². The number of piperazine rings is 1. The summed E-state index contributed by atoms with van der Waals surface area (Å²) in [4.78, 5) is 10.3. The Morgan fingerprint density at radius 3 is 2.00 bits per heavy atom. The third kappa shape index (κ3) is 5.03. The van der Waals surface area contributed by atoms with Crippen LogP contribution in [0.1, 0.15) is 6.42 Å². The summed E-state index contributed by atoms with van der Waals surface area (Å²) >= 11 is 0. The lowest BCUT2D eigenvalue weighted by atomic mass is 10.4. The summed E-state index contributed by atoms with van der Waals surface area (Å²) in [6.07, 6.45) is 0.769. The average molecular weight is 315 g/mol. The Bertz CT molecular complexity index is 521. The first kappa shape index (κ1) is 16.3. The number of hydrogen-bond acceptors (Lipinski definition) is 5. The van der Waals surface area contributed by atoms with Crippen LogP contribution in [0.25, 0.3) is 0 Å². The van der Waals surface area contributed by atoms with Gasteiger partial charge in [-0.2, -0.15) is 17.0 Å². The van der Waals surface area contributed by atoms with Crippen molar-refractivity contribution in [1.29, 1.82) is 0 Å². The van der Waals surface area contributed by atoms with Crippen molar-refractivity contribution in [2.45, 2.75) is 6.42 Å². The van der Waals surface area contributed by atoms with Gasteiger partial charge in [0.1, 0.15) is 0 Å². The lowest BCUT2D eigenvalue weighted by Gasteiger charge is -2.32. The normalized spacial score (nSPS) is 19.4. The van der Waals surface area contributed by atoms with Gasteiger partial charge in [0.2, 0.25) is 10.0 Å². The molecule has 1 fully saturated rings. The quantitative estimate of drug-likeness (QED) is 0.577. The van der Waals surface area contributed by atoms with E-state index in [1.807, 2.05) is 0 Å². The molecule has 0 unspecified atom stereocenters. The smallest absolute Gasteiger partial charge is 0.304 e. The van der Waals surface area contributed by atoms with Gasteiger partial charge >= 0.3 is 5.97 Å². The fourth-order valence-corrected chi connectivity index (χ4v) is 3.63. The maximum atomic E-state index is 11.8. The fourth-order valence-electron chi connectivity index (χ4n) is 1.62. The van der Waals surface area contributed by atoms with Crippen molar-refractivity contribution in [3.63, 3.8) is 0 Å². The molecule has 11 heteroatoms. The lowest BCUT2D eigenvalue weighted by molar-refractivity contribution is -0.136. The van der Waals surface area contributed by atoms with Gasteiger partial charge in [-0.3, -0.25) is 4.79 Å². The van der Waals surface area contributed by atoms with E-state index in [-0.39, 0.29) is 39.1 Å². The highest BCUT2D eigenvalue weighted by atomic mass is 32.2. The molecule has 0 amide bonds. The van der Waals surface area contributed by atoms with E-state index in [9.17, 15) is 21.6 Å².